The van der Waals surface area contributed by atoms with Crippen LogP contribution in [0.5, 0.6) is 0 Å². The van der Waals surface area contributed by atoms with Gasteiger partial charge in [0.15, 0.2) is 5.96 Å². The van der Waals surface area contributed by atoms with Gasteiger partial charge in [-0.05, 0) is 43.9 Å². The third-order valence-electron chi connectivity index (χ3n) is 3.97. The van der Waals surface area contributed by atoms with E-state index in [-0.39, 0.29) is 11.7 Å². The molecule has 0 aliphatic carbocycles. The van der Waals surface area contributed by atoms with Crippen LogP contribution in [0.25, 0.3) is 0 Å². The summed E-state index contributed by atoms with van der Waals surface area (Å²) in [6.07, 6.45) is 3.27. The number of hydrogen-bond donors (Lipinski definition) is 2. The lowest BCUT2D eigenvalue weighted by molar-refractivity contribution is -0.127. The van der Waals surface area contributed by atoms with E-state index in [1.54, 1.807) is 12.1 Å². The number of carbonyl (C=O) groups excluding carboxylic acids is 1. The third-order valence-corrected chi connectivity index (χ3v) is 3.97. The van der Waals surface area contributed by atoms with Crippen molar-refractivity contribution < 1.29 is 9.18 Å². The largest absolute Gasteiger partial charge is 0.357 e. The van der Waals surface area contributed by atoms with Gasteiger partial charge in [-0.2, -0.15) is 0 Å². The molecule has 0 saturated carbocycles. The van der Waals surface area contributed by atoms with Gasteiger partial charge in [-0.3, -0.25) is 9.79 Å². The number of guanidine groups is 1. The SMILES string of the molecule is CCNC(=NCCCN1CCCC1=O)NCCc1cccc(F)c1. The molecule has 132 valence electrons. The fraction of sp³-hybridized carbons (Fsp3) is 0.556. The van der Waals surface area contributed by atoms with E-state index in [0.717, 1.165) is 50.4 Å². The Morgan fingerprint density at radius 1 is 1.38 bits per heavy atom. The van der Waals surface area contributed by atoms with Crippen LogP contribution in [0.15, 0.2) is 29.3 Å². The number of aliphatic imine (C=N–C) groups is 1. The molecule has 5 nitrogen and oxygen atoms in total. The van der Waals surface area contributed by atoms with Crippen molar-refractivity contribution in [3.05, 3.63) is 35.6 Å². The van der Waals surface area contributed by atoms with Crippen LogP contribution in [0.4, 0.5) is 4.39 Å². The fourth-order valence-electron chi connectivity index (χ4n) is 2.75. The van der Waals surface area contributed by atoms with Crippen LogP contribution in [0.3, 0.4) is 0 Å². The van der Waals surface area contributed by atoms with Crippen molar-refractivity contribution in [2.75, 3.05) is 32.7 Å². The van der Waals surface area contributed by atoms with Crippen LogP contribution in [0.2, 0.25) is 0 Å². The summed E-state index contributed by atoms with van der Waals surface area (Å²) >= 11 is 0. The summed E-state index contributed by atoms with van der Waals surface area (Å²) in [5.74, 6) is 0.824. The zero-order valence-corrected chi connectivity index (χ0v) is 14.4. The number of rotatable bonds is 8. The van der Waals surface area contributed by atoms with Gasteiger partial charge in [0.25, 0.3) is 0 Å². The first-order valence-corrected chi connectivity index (χ1v) is 8.73. The number of halogens is 1. The number of nitrogens with zero attached hydrogens (tertiary/aromatic N) is 2. The molecule has 2 rings (SSSR count). The predicted molar refractivity (Wildman–Crippen MR) is 94.5 cm³/mol. The monoisotopic (exact) mass is 334 g/mol. The number of nitrogens with one attached hydrogen (secondary N) is 2. The first-order chi connectivity index (χ1) is 11.7. The molecular weight excluding hydrogens is 307 g/mol. The zero-order chi connectivity index (χ0) is 17.2. The molecule has 1 saturated heterocycles. The Hall–Kier alpha value is -2.11. The second kappa shape index (κ2) is 9.90. The zero-order valence-electron chi connectivity index (χ0n) is 14.4. The lowest BCUT2D eigenvalue weighted by Gasteiger charge is -2.15. The van der Waals surface area contributed by atoms with Crippen LogP contribution in [-0.2, 0) is 11.2 Å². The van der Waals surface area contributed by atoms with Crippen LogP contribution in [0.1, 0.15) is 31.7 Å². The molecule has 1 fully saturated rings. The minimum absolute atomic E-state index is 0.204. The topological polar surface area (TPSA) is 56.7 Å². The van der Waals surface area contributed by atoms with E-state index in [1.165, 1.54) is 6.07 Å². The van der Waals surface area contributed by atoms with Gasteiger partial charge in [0.2, 0.25) is 5.91 Å². The van der Waals surface area contributed by atoms with E-state index in [1.807, 2.05) is 17.9 Å². The molecule has 1 aliphatic heterocycles. The second-order valence-corrected chi connectivity index (χ2v) is 5.91. The maximum atomic E-state index is 13.2. The molecule has 1 heterocycles. The van der Waals surface area contributed by atoms with Gasteiger partial charge in [0, 0.05) is 39.1 Å². The van der Waals surface area contributed by atoms with E-state index >= 15 is 0 Å². The number of amides is 1. The number of hydrogen-bond acceptors (Lipinski definition) is 2. The highest BCUT2D eigenvalue weighted by Gasteiger charge is 2.18. The Labute approximate surface area is 143 Å². The Morgan fingerprint density at radius 3 is 2.96 bits per heavy atom. The summed E-state index contributed by atoms with van der Waals surface area (Å²) in [5, 5.41) is 6.46. The van der Waals surface area contributed by atoms with E-state index in [2.05, 4.69) is 15.6 Å². The fourth-order valence-corrected chi connectivity index (χ4v) is 2.75. The lowest BCUT2D eigenvalue weighted by Crippen LogP contribution is -2.38. The molecule has 1 amide bonds. The second-order valence-electron chi connectivity index (χ2n) is 5.91. The Kier molecular flexibility index (Phi) is 7.52. The number of benzene rings is 1. The number of carbonyl (C=O) groups is 1. The molecule has 0 spiro atoms. The van der Waals surface area contributed by atoms with Crippen molar-refractivity contribution in [2.45, 2.75) is 32.6 Å². The Bertz CT molecular complexity index is 562. The molecule has 0 unspecified atom stereocenters. The third kappa shape index (κ3) is 6.18. The summed E-state index contributed by atoms with van der Waals surface area (Å²) in [5.41, 5.74) is 0.964. The molecule has 1 aromatic rings. The van der Waals surface area contributed by atoms with Crippen molar-refractivity contribution >= 4 is 11.9 Å². The summed E-state index contributed by atoms with van der Waals surface area (Å²) in [4.78, 5) is 18.0. The molecule has 1 aromatic carbocycles. The summed E-state index contributed by atoms with van der Waals surface area (Å²) in [6, 6.07) is 6.65. The van der Waals surface area contributed by atoms with Crippen molar-refractivity contribution in [1.82, 2.24) is 15.5 Å². The molecule has 2 N–H and O–H groups in total. The van der Waals surface area contributed by atoms with E-state index < -0.39 is 0 Å². The Morgan fingerprint density at radius 2 is 2.25 bits per heavy atom. The van der Waals surface area contributed by atoms with Gasteiger partial charge in [0.05, 0.1) is 0 Å². The highest BCUT2D eigenvalue weighted by atomic mass is 19.1. The predicted octanol–water partition coefficient (Wildman–Crippen LogP) is 1.94. The summed E-state index contributed by atoms with van der Waals surface area (Å²) in [6.45, 7) is 5.85. The van der Waals surface area contributed by atoms with Gasteiger partial charge in [-0.25, -0.2) is 4.39 Å². The molecular formula is C18H27FN4O. The van der Waals surface area contributed by atoms with Gasteiger partial charge < -0.3 is 15.5 Å². The number of likely N-dealkylation sites (tertiary alicyclic amines) is 1. The van der Waals surface area contributed by atoms with Crippen molar-refractivity contribution in [2.24, 2.45) is 4.99 Å². The van der Waals surface area contributed by atoms with Crippen molar-refractivity contribution in [3.8, 4) is 0 Å². The molecule has 1 aliphatic rings. The smallest absolute Gasteiger partial charge is 0.222 e. The Balaban J connectivity index is 1.70. The van der Waals surface area contributed by atoms with E-state index in [4.69, 9.17) is 0 Å². The quantitative estimate of drug-likeness (QED) is 0.434. The molecule has 0 radical (unpaired) electrons. The highest BCUT2D eigenvalue weighted by molar-refractivity contribution is 5.79. The summed E-state index contributed by atoms with van der Waals surface area (Å²) in [7, 11) is 0. The van der Waals surface area contributed by atoms with Crippen LogP contribution in [-0.4, -0.2) is 49.5 Å². The van der Waals surface area contributed by atoms with Gasteiger partial charge >= 0.3 is 0 Å². The average Bonchev–Trinajstić information content (AvgIpc) is 2.97. The minimum Gasteiger partial charge on any atom is -0.357 e. The van der Waals surface area contributed by atoms with Gasteiger partial charge in [-0.15, -0.1) is 0 Å². The van der Waals surface area contributed by atoms with Crippen LogP contribution < -0.4 is 10.6 Å². The molecule has 0 bridgehead atoms. The van der Waals surface area contributed by atoms with Crippen molar-refractivity contribution in [1.29, 1.82) is 0 Å². The standard InChI is InChI=1S/C18H27FN4O/c1-2-20-18(21-10-5-13-23-12-4-8-17(23)24)22-11-9-15-6-3-7-16(19)14-15/h3,6-7,14H,2,4-5,8-13H2,1H3,(H2,20,21,22). The molecule has 24 heavy (non-hydrogen) atoms. The van der Waals surface area contributed by atoms with Crippen LogP contribution in [0, 0.1) is 5.82 Å². The van der Waals surface area contributed by atoms with Gasteiger partial charge in [0.1, 0.15) is 5.82 Å². The molecule has 0 atom stereocenters. The molecule has 6 heteroatoms. The highest BCUT2D eigenvalue weighted by Crippen LogP contribution is 2.09. The average molecular weight is 334 g/mol. The van der Waals surface area contributed by atoms with E-state index in [0.29, 0.717) is 19.5 Å². The summed E-state index contributed by atoms with van der Waals surface area (Å²) < 4.78 is 13.2. The maximum Gasteiger partial charge on any atom is 0.222 e. The van der Waals surface area contributed by atoms with Crippen molar-refractivity contribution in [3.63, 3.8) is 0 Å². The minimum atomic E-state index is -0.204. The van der Waals surface area contributed by atoms with Crippen LogP contribution >= 0.6 is 0 Å². The lowest BCUT2D eigenvalue weighted by atomic mass is 10.1. The van der Waals surface area contributed by atoms with E-state index in [9.17, 15) is 9.18 Å². The molecule has 0 aromatic heterocycles. The van der Waals surface area contributed by atoms with Gasteiger partial charge in [-0.1, -0.05) is 12.1 Å². The first kappa shape index (κ1) is 18.2. The normalized spacial score (nSPS) is 15.0. The maximum absolute atomic E-state index is 13.2. The first-order valence-electron chi connectivity index (χ1n) is 8.73.